The molecule has 2 aromatic rings. The van der Waals surface area contributed by atoms with Crippen LogP contribution in [0, 0.1) is 0 Å². The van der Waals surface area contributed by atoms with Crippen LogP contribution in [-0.4, -0.2) is 42.4 Å². The first-order chi connectivity index (χ1) is 12.2. The van der Waals surface area contributed by atoms with Gasteiger partial charge in [-0.05, 0) is 11.1 Å². The summed E-state index contributed by atoms with van der Waals surface area (Å²) in [4.78, 5) is 11.3. The van der Waals surface area contributed by atoms with E-state index in [0.29, 0.717) is 19.5 Å². The zero-order chi connectivity index (χ0) is 17.5. The predicted molar refractivity (Wildman–Crippen MR) is 91.9 cm³/mol. The van der Waals surface area contributed by atoms with Gasteiger partial charge < -0.3 is 24.1 Å². The molecule has 3 atom stereocenters. The van der Waals surface area contributed by atoms with Gasteiger partial charge in [0.25, 0.3) is 0 Å². The van der Waals surface area contributed by atoms with Crippen molar-refractivity contribution in [3.8, 4) is 0 Å². The van der Waals surface area contributed by atoms with Gasteiger partial charge in [0.05, 0.1) is 26.4 Å². The van der Waals surface area contributed by atoms with E-state index in [0.717, 1.165) is 11.1 Å². The van der Waals surface area contributed by atoms with Crippen molar-refractivity contribution in [3.63, 3.8) is 0 Å². The molecule has 1 saturated heterocycles. The van der Waals surface area contributed by atoms with Crippen LogP contribution in [0.3, 0.4) is 0 Å². The summed E-state index contributed by atoms with van der Waals surface area (Å²) in [5.41, 5.74) is 0.625. The van der Waals surface area contributed by atoms with Crippen LogP contribution in [0.2, 0.25) is 0 Å². The number of benzene rings is 2. The SMILES string of the molecule is O=CC1OC[C@@](O)(COCc2ccccc2)C1OCc1ccccc1. The summed E-state index contributed by atoms with van der Waals surface area (Å²) in [7, 11) is 0. The Hall–Kier alpha value is -2.05. The number of ether oxygens (including phenoxy) is 3. The number of hydrogen-bond acceptors (Lipinski definition) is 5. The first kappa shape index (κ1) is 17.8. The first-order valence-corrected chi connectivity index (χ1v) is 8.28. The van der Waals surface area contributed by atoms with Crippen LogP contribution < -0.4 is 0 Å². The normalized spacial score (nSPS) is 25.8. The van der Waals surface area contributed by atoms with E-state index in [2.05, 4.69) is 0 Å². The van der Waals surface area contributed by atoms with Gasteiger partial charge in [0, 0.05) is 0 Å². The minimum atomic E-state index is -1.35. The highest BCUT2D eigenvalue weighted by atomic mass is 16.6. The summed E-state index contributed by atoms with van der Waals surface area (Å²) in [6.45, 7) is 0.705. The van der Waals surface area contributed by atoms with Gasteiger partial charge in [-0.25, -0.2) is 0 Å². The second-order valence-corrected chi connectivity index (χ2v) is 6.21. The van der Waals surface area contributed by atoms with Gasteiger partial charge in [-0.1, -0.05) is 60.7 Å². The molecular weight excluding hydrogens is 320 g/mol. The number of carbonyl (C=O) groups excluding carboxylic acids is 1. The van der Waals surface area contributed by atoms with E-state index in [4.69, 9.17) is 14.2 Å². The summed E-state index contributed by atoms with van der Waals surface area (Å²) in [5, 5.41) is 10.9. The van der Waals surface area contributed by atoms with Crippen molar-refractivity contribution in [3.05, 3.63) is 71.8 Å². The zero-order valence-electron chi connectivity index (χ0n) is 13.9. The minimum Gasteiger partial charge on any atom is -0.382 e. The van der Waals surface area contributed by atoms with Gasteiger partial charge in [0.15, 0.2) is 6.29 Å². The van der Waals surface area contributed by atoms with Crippen molar-refractivity contribution in [2.75, 3.05) is 13.2 Å². The minimum absolute atomic E-state index is 0.00462. The fraction of sp³-hybridized carbons (Fsp3) is 0.350. The van der Waals surface area contributed by atoms with Crippen LogP contribution in [0.15, 0.2) is 60.7 Å². The molecule has 5 nitrogen and oxygen atoms in total. The molecule has 0 saturated carbocycles. The maximum absolute atomic E-state index is 11.3. The predicted octanol–water partition coefficient (Wildman–Crippen LogP) is 2.12. The Labute approximate surface area is 147 Å². The fourth-order valence-corrected chi connectivity index (χ4v) is 2.88. The van der Waals surface area contributed by atoms with E-state index >= 15 is 0 Å². The van der Waals surface area contributed by atoms with Crippen molar-refractivity contribution in [2.24, 2.45) is 0 Å². The third kappa shape index (κ3) is 4.52. The lowest BCUT2D eigenvalue weighted by Crippen LogP contribution is -2.49. The molecule has 132 valence electrons. The number of aldehydes is 1. The third-order valence-electron chi connectivity index (χ3n) is 4.22. The molecule has 0 spiro atoms. The second kappa shape index (κ2) is 8.36. The average Bonchev–Trinajstić information content (AvgIpc) is 2.97. The molecule has 5 heteroatoms. The molecule has 0 aromatic heterocycles. The summed E-state index contributed by atoms with van der Waals surface area (Å²) >= 11 is 0. The van der Waals surface area contributed by atoms with Crippen molar-refractivity contribution in [1.29, 1.82) is 0 Å². The van der Waals surface area contributed by atoms with E-state index in [1.54, 1.807) is 0 Å². The van der Waals surface area contributed by atoms with Crippen molar-refractivity contribution < 1.29 is 24.1 Å². The van der Waals surface area contributed by atoms with E-state index in [1.807, 2.05) is 60.7 Å². The van der Waals surface area contributed by atoms with E-state index in [-0.39, 0.29) is 13.2 Å². The molecule has 1 fully saturated rings. The second-order valence-electron chi connectivity index (χ2n) is 6.21. The van der Waals surface area contributed by atoms with Crippen LogP contribution in [0.1, 0.15) is 11.1 Å². The molecule has 2 aromatic carbocycles. The Morgan fingerprint density at radius 3 is 2.24 bits per heavy atom. The van der Waals surface area contributed by atoms with E-state index in [9.17, 15) is 9.90 Å². The Morgan fingerprint density at radius 2 is 1.64 bits per heavy atom. The lowest BCUT2D eigenvalue weighted by Gasteiger charge is -2.29. The van der Waals surface area contributed by atoms with Crippen LogP contribution in [0.25, 0.3) is 0 Å². The largest absolute Gasteiger partial charge is 0.382 e. The quantitative estimate of drug-likeness (QED) is 0.745. The van der Waals surface area contributed by atoms with Gasteiger partial charge in [0.2, 0.25) is 0 Å². The molecule has 25 heavy (non-hydrogen) atoms. The molecule has 1 heterocycles. The van der Waals surface area contributed by atoms with Crippen LogP contribution in [-0.2, 0) is 32.2 Å². The molecule has 0 radical (unpaired) electrons. The molecular formula is C20H22O5. The van der Waals surface area contributed by atoms with Crippen molar-refractivity contribution >= 4 is 6.29 Å². The van der Waals surface area contributed by atoms with Crippen LogP contribution >= 0.6 is 0 Å². The zero-order valence-corrected chi connectivity index (χ0v) is 13.9. The molecule has 0 bridgehead atoms. The third-order valence-corrected chi connectivity index (χ3v) is 4.22. The summed E-state index contributed by atoms with van der Waals surface area (Å²) in [5.74, 6) is 0. The van der Waals surface area contributed by atoms with Crippen LogP contribution in [0.5, 0.6) is 0 Å². The summed E-state index contributed by atoms with van der Waals surface area (Å²) in [6, 6.07) is 19.3. The molecule has 1 aliphatic rings. The standard InChI is InChI=1S/C20H22O5/c21-11-18-19(24-13-17-9-5-2-6-10-17)20(22,15-25-18)14-23-12-16-7-3-1-4-8-16/h1-11,18-19,22H,12-15H2/t18?,19?,20-/m0/s1. The van der Waals surface area contributed by atoms with Gasteiger partial charge in [-0.15, -0.1) is 0 Å². The van der Waals surface area contributed by atoms with E-state index < -0.39 is 17.8 Å². The molecule has 2 unspecified atom stereocenters. The highest BCUT2D eigenvalue weighted by molar-refractivity contribution is 5.58. The summed E-state index contributed by atoms with van der Waals surface area (Å²) in [6.07, 6.45) is -0.889. The molecule has 1 N–H and O–H groups in total. The maximum atomic E-state index is 11.3. The van der Waals surface area contributed by atoms with E-state index in [1.165, 1.54) is 0 Å². The highest BCUT2D eigenvalue weighted by Crippen LogP contribution is 2.28. The lowest BCUT2D eigenvalue weighted by molar-refractivity contribution is -0.138. The van der Waals surface area contributed by atoms with Gasteiger partial charge in [0.1, 0.15) is 17.8 Å². The molecule has 0 amide bonds. The fourth-order valence-electron chi connectivity index (χ4n) is 2.88. The molecule has 3 rings (SSSR count). The Balaban J connectivity index is 1.59. The van der Waals surface area contributed by atoms with Gasteiger partial charge in [-0.3, -0.25) is 0 Å². The number of rotatable bonds is 8. The Kier molecular flexibility index (Phi) is 5.94. The topological polar surface area (TPSA) is 65.0 Å². The van der Waals surface area contributed by atoms with Crippen molar-refractivity contribution in [1.82, 2.24) is 0 Å². The number of hydrogen-bond donors (Lipinski definition) is 1. The first-order valence-electron chi connectivity index (χ1n) is 8.28. The number of aliphatic hydroxyl groups is 1. The monoisotopic (exact) mass is 342 g/mol. The highest BCUT2D eigenvalue weighted by Gasteiger charge is 2.50. The lowest BCUT2D eigenvalue weighted by atomic mass is 9.97. The Bertz CT molecular complexity index is 660. The molecule has 0 aliphatic carbocycles. The maximum Gasteiger partial charge on any atom is 0.151 e. The Morgan fingerprint density at radius 1 is 1.04 bits per heavy atom. The number of carbonyl (C=O) groups is 1. The van der Waals surface area contributed by atoms with Gasteiger partial charge >= 0.3 is 0 Å². The molecule has 1 aliphatic heterocycles. The average molecular weight is 342 g/mol. The smallest absolute Gasteiger partial charge is 0.151 e. The summed E-state index contributed by atoms with van der Waals surface area (Å²) < 4.78 is 16.9. The van der Waals surface area contributed by atoms with Gasteiger partial charge in [-0.2, -0.15) is 0 Å². The van der Waals surface area contributed by atoms with Crippen molar-refractivity contribution in [2.45, 2.75) is 31.0 Å². The van der Waals surface area contributed by atoms with Crippen LogP contribution in [0.4, 0.5) is 0 Å².